The van der Waals surface area contributed by atoms with Gasteiger partial charge in [-0.2, -0.15) is 9.98 Å². The molecule has 0 aliphatic carbocycles. The second-order valence-corrected chi connectivity index (χ2v) is 5.69. The number of imidazole rings is 1. The van der Waals surface area contributed by atoms with Gasteiger partial charge in [0.05, 0.1) is 6.07 Å². The molecule has 1 aromatic heterocycles. The van der Waals surface area contributed by atoms with Gasteiger partial charge >= 0.3 is 0 Å². The van der Waals surface area contributed by atoms with E-state index in [1.54, 1.807) is 18.4 Å². The van der Waals surface area contributed by atoms with Crippen molar-refractivity contribution in [3.8, 4) is 6.07 Å². The molecule has 18 heavy (non-hydrogen) atoms. The van der Waals surface area contributed by atoms with Crippen molar-refractivity contribution in [1.82, 2.24) is 14.3 Å². The number of nitrogens with zero attached hydrogens (tertiary/aromatic N) is 3. The summed E-state index contributed by atoms with van der Waals surface area (Å²) < 4.78 is 28.1. The first-order chi connectivity index (χ1) is 8.44. The largest absolute Gasteiger partial charge is 0.334 e. The number of nitriles is 1. The van der Waals surface area contributed by atoms with Gasteiger partial charge in [0.25, 0.3) is 10.0 Å². The van der Waals surface area contributed by atoms with Crippen LogP contribution in [0.4, 0.5) is 0 Å². The summed E-state index contributed by atoms with van der Waals surface area (Å²) in [6, 6.07) is 1.18. The number of hydrogen-bond donors (Lipinski definition) is 1. The summed E-state index contributed by atoms with van der Waals surface area (Å²) >= 11 is 0. The van der Waals surface area contributed by atoms with E-state index in [1.165, 1.54) is 6.20 Å². The average molecular weight is 270 g/mol. The molecule has 0 fully saturated rings. The van der Waals surface area contributed by atoms with E-state index in [0.717, 1.165) is 13.0 Å². The predicted octanol–water partition coefficient (Wildman–Crippen LogP) is 1.18. The second kappa shape index (κ2) is 5.98. The van der Waals surface area contributed by atoms with E-state index < -0.39 is 16.1 Å². The quantitative estimate of drug-likeness (QED) is 0.840. The van der Waals surface area contributed by atoms with E-state index in [4.69, 9.17) is 5.26 Å². The van der Waals surface area contributed by atoms with Gasteiger partial charge in [0, 0.05) is 12.7 Å². The van der Waals surface area contributed by atoms with Gasteiger partial charge in [-0.3, -0.25) is 0 Å². The Morgan fingerprint density at radius 1 is 1.56 bits per heavy atom. The number of aromatic nitrogens is 2. The minimum absolute atomic E-state index is 0.0258. The standard InChI is InChI=1S/C11H18N4O2S/c1-4-6-15-8-11(13-9(15)3)18(16,17)14-10(5-2)7-12/h8,10,14H,4-6H2,1-3H3. The second-order valence-electron chi connectivity index (χ2n) is 4.03. The highest BCUT2D eigenvalue weighted by Crippen LogP contribution is 2.10. The fourth-order valence-electron chi connectivity index (χ4n) is 1.52. The third-order valence-electron chi connectivity index (χ3n) is 2.56. The molecule has 0 aliphatic heterocycles. The van der Waals surface area contributed by atoms with Crippen LogP contribution in [0.25, 0.3) is 0 Å². The van der Waals surface area contributed by atoms with Crippen LogP contribution in [0.3, 0.4) is 0 Å². The van der Waals surface area contributed by atoms with Crippen molar-refractivity contribution in [2.45, 2.75) is 51.2 Å². The molecule has 1 heterocycles. The van der Waals surface area contributed by atoms with Gasteiger partial charge < -0.3 is 4.57 Å². The highest BCUT2D eigenvalue weighted by atomic mass is 32.2. The molecule has 1 N–H and O–H groups in total. The van der Waals surface area contributed by atoms with Crippen LogP contribution >= 0.6 is 0 Å². The molecule has 1 aromatic rings. The Morgan fingerprint density at radius 2 is 2.22 bits per heavy atom. The van der Waals surface area contributed by atoms with Crippen molar-refractivity contribution < 1.29 is 8.42 Å². The Morgan fingerprint density at radius 3 is 2.72 bits per heavy atom. The van der Waals surface area contributed by atoms with Crippen molar-refractivity contribution in [2.75, 3.05) is 0 Å². The molecule has 1 atom stereocenters. The molecule has 0 aliphatic rings. The zero-order valence-corrected chi connectivity index (χ0v) is 11.7. The molecule has 0 saturated carbocycles. The van der Waals surface area contributed by atoms with Crippen LogP contribution in [0.15, 0.2) is 11.2 Å². The van der Waals surface area contributed by atoms with Crippen molar-refractivity contribution in [1.29, 1.82) is 5.26 Å². The summed E-state index contributed by atoms with van der Waals surface area (Å²) in [6.07, 6.45) is 2.83. The minimum Gasteiger partial charge on any atom is -0.334 e. The van der Waals surface area contributed by atoms with Gasteiger partial charge in [-0.1, -0.05) is 13.8 Å². The van der Waals surface area contributed by atoms with Crippen LogP contribution in [0.1, 0.15) is 32.5 Å². The molecular formula is C11H18N4O2S. The monoisotopic (exact) mass is 270 g/mol. The van der Waals surface area contributed by atoms with Crippen LogP contribution in [0.5, 0.6) is 0 Å². The molecule has 6 nitrogen and oxygen atoms in total. The first kappa shape index (κ1) is 14.7. The lowest BCUT2D eigenvalue weighted by molar-refractivity contribution is 0.566. The lowest BCUT2D eigenvalue weighted by Crippen LogP contribution is -2.33. The summed E-state index contributed by atoms with van der Waals surface area (Å²) in [6.45, 7) is 6.24. The van der Waals surface area contributed by atoms with Crippen LogP contribution in [-0.2, 0) is 16.6 Å². The first-order valence-electron chi connectivity index (χ1n) is 5.90. The molecular weight excluding hydrogens is 252 g/mol. The first-order valence-corrected chi connectivity index (χ1v) is 7.38. The third kappa shape index (κ3) is 3.31. The maximum absolute atomic E-state index is 12.0. The molecule has 0 bridgehead atoms. The number of aryl methyl sites for hydroxylation is 2. The summed E-state index contributed by atoms with van der Waals surface area (Å²) in [4.78, 5) is 4.03. The molecule has 0 amide bonds. The lowest BCUT2D eigenvalue weighted by Gasteiger charge is -2.07. The summed E-state index contributed by atoms with van der Waals surface area (Å²) in [7, 11) is -3.71. The van der Waals surface area contributed by atoms with Crippen LogP contribution in [-0.4, -0.2) is 24.0 Å². The summed E-state index contributed by atoms with van der Waals surface area (Å²) in [5, 5.41) is 8.75. The Labute approximate surface area is 108 Å². The van der Waals surface area contributed by atoms with Crippen LogP contribution < -0.4 is 4.72 Å². The van der Waals surface area contributed by atoms with Gasteiger partial charge in [0.2, 0.25) is 0 Å². The Kier molecular flexibility index (Phi) is 4.87. The Balaban J connectivity index is 2.99. The third-order valence-corrected chi connectivity index (χ3v) is 3.90. The van der Waals surface area contributed by atoms with Gasteiger partial charge in [0.1, 0.15) is 11.9 Å². The van der Waals surface area contributed by atoms with Gasteiger partial charge in [-0.05, 0) is 19.8 Å². The molecule has 100 valence electrons. The van der Waals surface area contributed by atoms with E-state index in [9.17, 15) is 8.42 Å². The van der Waals surface area contributed by atoms with Crippen molar-refractivity contribution in [3.63, 3.8) is 0 Å². The topological polar surface area (TPSA) is 87.8 Å². The van der Waals surface area contributed by atoms with Crippen LogP contribution in [0, 0.1) is 18.3 Å². The molecule has 1 unspecified atom stereocenters. The highest BCUT2D eigenvalue weighted by molar-refractivity contribution is 7.89. The average Bonchev–Trinajstić information content (AvgIpc) is 2.69. The van der Waals surface area contributed by atoms with E-state index in [2.05, 4.69) is 9.71 Å². The van der Waals surface area contributed by atoms with Crippen molar-refractivity contribution in [3.05, 3.63) is 12.0 Å². The number of sulfonamides is 1. The van der Waals surface area contributed by atoms with Crippen molar-refractivity contribution >= 4 is 10.0 Å². The van der Waals surface area contributed by atoms with E-state index in [1.807, 2.05) is 13.0 Å². The summed E-state index contributed by atoms with van der Waals surface area (Å²) in [5.41, 5.74) is 0. The normalized spacial score (nSPS) is 13.2. The molecule has 0 saturated heterocycles. The fraction of sp³-hybridized carbons (Fsp3) is 0.636. The van der Waals surface area contributed by atoms with Gasteiger partial charge in [0.15, 0.2) is 5.03 Å². The van der Waals surface area contributed by atoms with Crippen LogP contribution in [0.2, 0.25) is 0 Å². The molecule has 0 radical (unpaired) electrons. The summed E-state index contributed by atoms with van der Waals surface area (Å²) in [5.74, 6) is 0.655. The number of rotatable bonds is 6. The number of hydrogen-bond acceptors (Lipinski definition) is 4. The zero-order chi connectivity index (χ0) is 13.8. The Hall–Kier alpha value is -1.39. The highest BCUT2D eigenvalue weighted by Gasteiger charge is 2.22. The van der Waals surface area contributed by atoms with E-state index >= 15 is 0 Å². The SMILES string of the molecule is CCCn1cc(S(=O)(=O)NC(C#N)CC)nc1C. The zero-order valence-electron chi connectivity index (χ0n) is 10.8. The maximum Gasteiger partial charge on any atom is 0.260 e. The maximum atomic E-state index is 12.0. The van der Waals surface area contributed by atoms with E-state index in [0.29, 0.717) is 12.2 Å². The lowest BCUT2D eigenvalue weighted by atomic mass is 10.3. The number of nitrogens with one attached hydrogen (secondary N) is 1. The molecule has 1 rings (SSSR count). The van der Waals surface area contributed by atoms with Gasteiger partial charge in [-0.25, -0.2) is 13.4 Å². The Bertz CT molecular complexity index is 542. The minimum atomic E-state index is -3.71. The molecule has 7 heteroatoms. The fourth-order valence-corrected chi connectivity index (χ4v) is 2.76. The molecule has 0 spiro atoms. The smallest absolute Gasteiger partial charge is 0.260 e. The van der Waals surface area contributed by atoms with E-state index in [-0.39, 0.29) is 5.03 Å². The predicted molar refractivity (Wildman–Crippen MR) is 67.3 cm³/mol. The van der Waals surface area contributed by atoms with Gasteiger partial charge in [-0.15, -0.1) is 0 Å². The van der Waals surface area contributed by atoms with Crippen molar-refractivity contribution in [2.24, 2.45) is 0 Å². The molecule has 0 aromatic carbocycles.